The molecular weight excluding hydrogens is 160 g/mol. The van der Waals surface area contributed by atoms with E-state index in [4.69, 9.17) is 15.7 Å². The number of carbonyl (C=O) groups excluding carboxylic acids is 1. The quantitative estimate of drug-likeness (QED) is 0.607. The summed E-state index contributed by atoms with van der Waals surface area (Å²) < 4.78 is 9.74. The maximum atomic E-state index is 10.3. The fourth-order valence-corrected chi connectivity index (χ4v) is 1.09. The number of nitrogens with two attached hydrogens (primary N) is 1. The van der Waals surface area contributed by atoms with Gasteiger partial charge in [0, 0.05) is 0 Å². The first-order chi connectivity index (χ1) is 5.72. The molecule has 2 N–H and O–H groups in total. The lowest BCUT2D eigenvalue weighted by Crippen LogP contribution is -2.33. The van der Waals surface area contributed by atoms with E-state index in [0.717, 1.165) is 0 Å². The predicted molar refractivity (Wildman–Crippen MR) is 39.0 cm³/mol. The van der Waals surface area contributed by atoms with Crippen molar-refractivity contribution in [2.24, 2.45) is 5.73 Å². The van der Waals surface area contributed by atoms with Gasteiger partial charge in [-0.3, -0.25) is 0 Å². The number of primary amides is 1. The minimum atomic E-state index is -0.793. The fourth-order valence-electron chi connectivity index (χ4n) is 1.09. The van der Waals surface area contributed by atoms with Gasteiger partial charge in [0.1, 0.15) is 12.2 Å². The van der Waals surface area contributed by atoms with Crippen molar-refractivity contribution in [3.8, 4) is 6.07 Å². The zero-order valence-corrected chi connectivity index (χ0v) is 6.53. The van der Waals surface area contributed by atoms with Crippen LogP contribution in [-0.4, -0.2) is 24.9 Å². The number of carbonyl (C=O) groups is 1. The van der Waals surface area contributed by atoms with E-state index in [1.165, 1.54) is 0 Å². The van der Waals surface area contributed by atoms with Gasteiger partial charge in [0.15, 0.2) is 0 Å². The molecule has 1 aliphatic rings. The summed E-state index contributed by atoms with van der Waals surface area (Å²) in [7, 11) is 0. The second-order valence-corrected chi connectivity index (χ2v) is 2.59. The van der Waals surface area contributed by atoms with E-state index < -0.39 is 6.09 Å². The van der Waals surface area contributed by atoms with Gasteiger partial charge in [0.05, 0.1) is 12.7 Å². The average Bonchev–Trinajstić information content (AvgIpc) is 2.05. The van der Waals surface area contributed by atoms with Crippen LogP contribution in [0.5, 0.6) is 0 Å². The summed E-state index contributed by atoms with van der Waals surface area (Å²) in [6.07, 6.45) is -0.209. The molecular formula is C7H10N2O3. The first kappa shape index (κ1) is 8.81. The van der Waals surface area contributed by atoms with Gasteiger partial charge < -0.3 is 15.2 Å². The van der Waals surface area contributed by atoms with Crippen LogP contribution in [0.2, 0.25) is 0 Å². The Labute approximate surface area is 70.0 Å². The van der Waals surface area contributed by atoms with Crippen LogP contribution in [0, 0.1) is 11.3 Å². The summed E-state index contributed by atoms with van der Waals surface area (Å²) in [5.41, 5.74) is 4.81. The van der Waals surface area contributed by atoms with E-state index in [1.807, 2.05) is 6.07 Å². The van der Waals surface area contributed by atoms with Crippen LogP contribution in [0.3, 0.4) is 0 Å². The molecule has 0 aromatic carbocycles. The SMILES string of the molecule is N#C[C@@H]1CC[C@@H](OC(N)=O)CO1. The molecule has 1 amide bonds. The number of amides is 1. The molecule has 12 heavy (non-hydrogen) atoms. The van der Waals surface area contributed by atoms with Crippen LogP contribution < -0.4 is 5.73 Å². The Morgan fingerprint density at radius 3 is 2.83 bits per heavy atom. The van der Waals surface area contributed by atoms with Crippen molar-refractivity contribution in [1.29, 1.82) is 5.26 Å². The predicted octanol–water partition coefficient (Wildman–Crippen LogP) is 0.153. The minimum Gasteiger partial charge on any atom is -0.444 e. The van der Waals surface area contributed by atoms with Crippen molar-refractivity contribution >= 4 is 6.09 Å². The summed E-state index contributed by atoms with van der Waals surface area (Å²) in [6.45, 7) is 0.265. The summed E-state index contributed by atoms with van der Waals surface area (Å²) in [4.78, 5) is 10.3. The normalized spacial score (nSPS) is 28.9. The molecule has 1 rings (SSSR count). The molecule has 5 nitrogen and oxygen atoms in total. The molecule has 66 valence electrons. The zero-order chi connectivity index (χ0) is 8.97. The number of nitrogens with zero attached hydrogens (tertiary/aromatic N) is 1. The molecule has 0 aromatic heterocycles. The van der Waals surface area contributed by atoms with Crippen molar-refractivity contribution in [3.63, 3.8) is 0 Å². The fraction of sp³-hybridized carbons (Fsp3) is 0.714. The third-order valence-corrected chi connectivity index (χ3v) is 1.66. The number of ether oxygens (including phenoxy) is 2. The molecule has 0 bridgehead atoms. The summed E-state index contributed by atoms with van der Waals surface area (Å²) in [5.74, 6) is 0. The van der Waals surface area contributed by atoms with Gasteiger partial charge in [0.2, 0.25) is 0 Å². The molecule has 0 spiro atoms. The first-order valence-electron chi connectivity index (χ1n) is 3.69. The molecule has 0 aliphatic carbocycles. The Kier molecular flexibility index (Phi) is 2.88. The third kappa shape index (κ3) is 2.40. The maximum Gasteiger partial charge on any atom is 0.404 e. The molecule has 5 heteroatoms. The van der Waals surface area contributed by atoms with Crippen LogP contribution in [0.15, 0.2) is 0 Å². The van der Waals surface area contributed by atoms with Crippen molar-refractivity contribution < 1.29 is 14.3 Å². The number of hydrogen-bond acceptors (Lipinski definition) is 4. The Bertz CT molecular complexity index is 203. The Hall–Kier alpha value is -1.28. The molecule has 0 aromatic rings. The summed E-state index contributed by atoms with van der Waals surface area (Å²) in [6, 6.07) is 1.98. The van der Waals surface area contributed by atoms with Gasteiger partial charge in [-0.2, -0.15) is 5.26 Å². The topological polar surface area (TPSA) is 85.3 Å². The monoisotopic (exact) mass is 170 g/mol. The molecule has 1 fully saturated rings. The maximum absolute atomic E-state index is 10.3. The van der Waals surface area contributed by atoms with Gasteiger partial charge in [0.25, 0.3) is 0 Å². The Morgan fingerprint density at radius 2 is 2.42 bits per heavy atom. The van der Waals surface area contributed by atoms with Gasteiger partial charge in [-0.15, -0.1) is 0 Å². The highest BCUT2D eigenvalue weighted by atomic mass is 16.6. The average molecular weight is 170 g/mol. The van der Waals surface area contributed by atoms with Crippen molar-refractivity contribution in [2.75, 3.05) is 6.61 Å². The highest BCUT2D eigenvalue weighted by Gasteiger charge is 2.23. The zero-order valence-electron chi connectivity index (χ0n) is 6.53. The minimum absolute atomic E-state index is 0.265. The van der Waals surface area contributed by atoms with E-state index in [-0.39, 0.29) is 18.8 Å². The molecule has 1 heterocycles. The number of rotatable bonds is 1. The summed E-state index contributed by atoms with van der Waals surface area (Å²) >= 11 is 0. The van der Waals surface area contributed by atoms with E-state index >= 15 is 0 Å². The van der Waals surface area contributed by atoms with Crippen LogP contribution in [-0.2, 0) is 9.47 Å². The van der Waals surface area contributed by atoms with E-state index in [1.54, 1.807) is 0 Å². The molecule has 0 unspecified atom stereocenters. The van der Waals surface area contributed by atoms with Crippen molar-refractivity contribution in [1.82, 2.24) is 0 Å². The van der Waals surface area contributed by atoms with E-state index in [9.17, 15) is 4.79 Å². The molecule has 0 radical (unpaired) electrons. The second kappa shape index (κ2) is 3.93. The van der Waals surface area contributed by atoms with Gasteiger partial charge in [-0.25, -0.2) is 4.79 Å². The van der Waals surface area contributed by atoms with Crippen molar-refractivity contribution in [3.05, 3.63) is 0 Å². The first-order valence-corrected chi connectivity index (χ1v) is 3.69. The lowest BCUT2D eigenvalue weighted by atomic mass is 10.1. The number of nitriles is 1. The van der Waals surface area contributed by atoms with E-state index in [0.29, 0.717) is 12.8 Å². The smallest absolute Gasteiger partial charge is 0.404 e. The highest BCUT2D eigenvalue weighted by Crippen LogP contribution is 2.15. The molecule has 1 aliphatic heterocycles. The molecule has 2 atom stereocenters. The van der Waals surface area contributed by atoms with Crippen LogP contribution in [0.4, 0.5) is 4.79 Å². The largest absolute Gasteiger partial charge is 0.444 e. The highest BCUT2D eigenvalue weighted by molar-refractivity contribution is 5.64. The van der Waals surface area contributed by atoms with Gasteiger partial charge in [-0.1, -0.05) is 0 Å². The Balaban J connectivity index is 2.27. The van der Waals surface area contributed by atoms with Gasteiger partial charge in [-0.05, 0) is 12.8 Å². The van der Waals surface area contributed by atoms with Crippen LogP contribution in [0.1, 0.15) is 12.8 Å². The van der Waals surface area contributed by atoms with Crippen LogP contribution in [0.25, 0.3) is 0 Å². The number of hydrogen-bond donors (Lipinski definition) is 1. The standard InChI is InChI=1S/C7H10N2O3/c8-3-5-1-2-6(4-11-5)12-7(9)10/h5-6H,1-2,4H2,(H2,9,10)/t5-,6+/m0/s1. The summed E-state index contributed by atoms with van der Waals surface area (Å²) in [5, 5.41) is 8.45. The van der Waals surface area contributed by atoms with Crippen molar-refractivity contribution in [2.45, 2.75) is 25.0 Å². The molecule has 0 saturated carbocycles. The third-order valence-electron chi connectivity index (χ3n) is 1.66. The lowest BCUT2D eigenvalue weighted by Gasteiger charge is -2.24. The second-order valence-electron chi connectivity index (χ2n) is 2.59. The lowest BCUT2D eigenvalue weighted by molar-refractivity contribution is -0.0381. The molecule has 1 saturated heterocycles. The Morgan fingerprint density at radius 1 is 1.67 bits per heavy atom. The van der Waals surface area contributed by atoms with Gasteiger partial charge >= 0.3 is 6.09 Å². The van der Waals surface area contributed by atoms with E-state index in [2.05, 4.69) is 4.74 Å². The van der Waals surface area contributed by atoms with Crippen LogP contribution >= 0.6 is 0 Å².